The Labute approximate surface area is 229 Å². The van der Waals surface area contributed by atoms with Crippen LogP contribution in [-0.2, 0) is 28.4 Å². The molecule has 1 atom stereocenters. The zero-order chi connectivity index (χ0) is 30.2. The van der Waals surface area contributed by atoms with Gasteiger partial charge in [0.15, 0.2) is 0 Å². The number of anilines is 2. The maximum atomic E-state index is 13.5. The van der Waals surface area contributed by atoms with E-state index in [-0.39, 0.29) is 18.2 Å². The molecule has 12 heteroatoms. The van der Waals surface area contributed by atoms with Crippen LogP contribution < -0.4 is 9.80 Å². The maximum Gasteiger partial charge on any atom is 0.416 e. The summed E-state index contributed by atoms with van der Waals surface area (Å²) in [5.41, 5.74) is -0.573. The van der Waals surface area contributed by atoms with Crippen LogP contribution in [0.1, 0.15) is 67.5 Å². The van der Waals surface area contributed by atoms with Crippen LogP contribution in [0.4, 0.5) is 42.5 Å². The third kappa shape index (κ3) is 7.00. The van der Waals surface area contributed by atoms with Crippen LogP contribution in [0.3, 0.4) is 0 Å². The van der Waals surface area contributed by atoms with Crippen LogP contribution >= 0.6 is 0 Å². The molecular formula is C28H33F6N3O3. The van der Waals surface area contributed by atoms with E-state index in [1.165, 1.54) is 16.7 Å². The van der Waals surface area contributed by atoms with Crippen molar-refractivity contribution in [1.29, 1.82) is 0 Å². The van der Waals surface area contributed by atoms with Crippen molar-refractivity contribution in [2.45, 2.75) is 71.6 Å². The number of carbonyl (C=O) groups excluding carboxylic acids is 2. The molecule has 0 aromatic heterocycles. The molecule has 0 fully saturated rings. The van der Waals surface area contributed by atoms with Gasteiger partial charge >= 0.3 is 18.4 Å². The third-order valence-corrected chi connectivity index (χ3v) is 6.67. The number of ether oxygens (including phenoxy) is 1. The molecule has 2 aromatic carbocycles. The molecular weight excluding hydrogens is 540 g/mol. The Morgan fingerprint density at radius 1 is 1.00 bits per heavy atom. The van der Waals surface area contributed by atoms with Gasteiger partial charge in [-0.3, -0.25) is 9.69 Å². The standard InChI is InChI=1S/C28H33F6N3O3/c1-16(2)40-26(39)36-9-7-8-23(22-14-24(35(5)6)17(3)10-25(22)36)37(18(4)38)15-19-11-20(27(29,30)31)13-21(12-19)28(32,33)34/h10-14,16,23H,7-9,15H2,1-6H3. The van der Waals surface area contributed by atoms with Gasteiger partial charge in [0, 0.05) is 45.4 Å². The summed E-state index contributed by atoms with van der Waals surface area (Å²) in [6.07, 6.45) is -10.3. The number of amides is 2. The fourth-order valence-corrected chi connectivity index (χ4v) is 4.93. The fraction of sp³-hybridized carbons (Fsp3) is 0.500. The lowest BCUT2D eigenvalue weighted by atomic mass is 9.95. The minimum Gasteiger partial charge on any atom is -0.446 e. The number of fused-ring (bicyclic) bond motifs is 1. The summed E-state index contributed by atoms with van der Waals surface area (Å²) >= 11 is 0. The molecule has 1 unspecified atom stereocenters. The van der Waals surface area contributed by atoms with Crippen LogP contribution in [0.25, 0.3) is 0 Å². The van der Waals surface area contributed by atoms with Crippen molar-refractivity contribution in [2.24, 2.45) is 0 Å². The van der Waals surface area contributed by atoms with Crippen molar-refractivity contribution < 1.29 is 40.7 Å². The second-order valence-corrected chi connectivity index (χ2v) is 10.4. The molecule has 0 N–H and O–H groups in total. The van der Waals surface area contributed by atoms with Crippen molar-refractivity contribution in [3.63, 3.8) is 0 Å². The highest BCUT2D eigenvalue weighted by Crippen LogP contribution is 2.42. The number of rotatable bonds is 5. The number of aryl methyl sites for hydroxylation is 1. The van der Waals surface area contributed by atoms with E-state index in [1.54, 1.807) is 26.0 Å². The Morgan fingerprint density at radius 2 is 1.57 bits per heavy atom. The van der Waals surface area contributed by atoms with E-state index in [0.717, 1.165) is 11.3 Å². The van der Waals surface area contributed by atoms with Gasteiger partial charge in [-0.1, -0.05) is 0 Å². The van der Waals surface area contributed by atoms with Crippen molar-refractivity contribution >= 4 is 23.4 Å². The Hall–Kier alpha value is -3.44. The first-order valence-electron chi connectivity index (χ1n) is 12.8. The zero-order valence-corrected chi connectivity index (χ0v) is 23.2. The van der Waals surface area contributed by atoms with E-state index in [0.29, 0.717) is 36.2 Å². The molecule has 0 spiro atoms. The van der Waals surface area contributed by atoms with E-state index >= 15 is 0 Å². The molecule has 40 heavy (non-hydrogen) atoms. The molecule has 2 aromatic rings. The summed E-state index contributed by atoms with van der Waals surface area (Å²) in [4.78, 5) is 30.5. The highest BCUT2D eigenvalue weighted by molar-refractivity contribution is 5.90. The highest BCUT2D eigenvalue weighted by atomic mass is 19.4. The lowest BCUT2D eigenvalue weighted by Crippen LogP contribution is -2.35. The largest absolute Gasteiger partial charge is 0.446 e. The highest BCUT2D eigenvalue weighted by Gasteiger charge is 2.38. The smallest absolute Gasteiger partial charge is 0.416 e. The van der Waals surface area contributed by atoms with Gasteiger partial charge in [0.1, 0.15) is 0 Å². The second kappa shape index (κ2) is 11.6. The van der Waals surface area contributed by atoms with Gasteiger partial charge in [-0.2, -0.15) is 26.3 Å². The van der Waals surface area contributed by atoms with E-state index in [2.05, 4.69) is 0 Å². The summed E-state index contributed by atoms with van der Waals surface area (Å²) in [6, 6.07) is 4.19. The number of benzene rings is 2. The van der Waals surface area contributed by atoms with Crippen LogP contribution in [-0.4, -0.2) is 43.6 Å². The number of nitrogens with zero attached hydrogens (tertiary/aromatic N) is 3. The topological polar surface area (TPSA) is 53.1 Å². The van der Waals surface area contributed by atoms with Crippen LogP contribution in [0.15, 0.2) is 30.3 Å². The van der Waals surface area contributed by atoms with Gasteiger partial charge in [-0.25, -0.2) is 4.79 Å². The summed E-state index contributed by atoms with van der Waals surface area (Å²) in [5, 5.41) is 0. The summed E-state index contributed by atoms with van der Waals surface area (Å²) in [5.74, 6) is -0.535. The van der Waals surface area contributed by atoms with E-state index in [1.807, 2.05) is 25.9 Å². The van der Waals surface area contributed by atoms with Crippen molar-refractivity contribution in [2.75, 3.05) is 30.4 Å². The first kappa shape index (κ1) is 31.1. The molecule has 0 radical (unpaired) electrons. The summed E-state index contributed by atoms with van der Waals surface area (Å²) < 4.78 is 86.4. The SMILES string of the molecule is CC(=O)N(Cc1cc(C(F)(F)F)cc(C(F)(F)F)c1)C1CCCN(C(=O)OC(C)C)c2cc(C)c(N(C)C)cc21. The van der Waals surface area contributed by atoms with Crippen molar-refractivity contribution in [3.05, 3.63) is 58.1 Å². The summed E-state index contributed by atoms with van der Waals surface area (Å²) in [7, 11) is 3.63. The van der Waals surface area contributed by atoms with E-state index in [4.69, 9.17) is 4.74 Å². The first-order valence-corrected chi connectivity index (χ1v) is 12.8. The second-order valence-electron chi connectivity index (χ2n) is 10.4. The van der Waals surface area contributed by atoms with Crippen LogP contribution in [0.5, 0.6) is 0 Å². The summed E-state index contributed by atoms with van der Waals surface area (Å²) in [6.45, 7) is 6.25. The Bertz CT molecular complexity index is 1220. The molecule has 0 saturated heterocycles. The molecule has 0 aliphatic carbocycles. The quantitative estimate of drug-likeness (QED) is 0.352. The number of carbonyl (C=O) groups is 2. The minimum atomic E-state index is -5.01. The molecule has 220 valence electrons. The van der Waals surface area contributed by atoms with Gasteiger partial charge in [-0.05, 0) is 75.1 Å². The molecule has 2 amide bonds. The predicted molar refractivity (Wildman–Crippen MR) is 139 cm³/mol. The van der Waals surface area contributed by atoms with Gasteiger partial charge in [0.2, 0.25) is 5.91 Å². The molecule has 3 rings (SSSR count). The normalized spacial score (nSPS) is 15.9. The fourth-order valence-electron chi connectivity index (χ4n) is 4.93. The van der Waals surface area contributed by atoms with Crippen LogP contribution in [0, 0.1) is 6.92 Å². The van der Waals surface area contributed by atoms with E-state index in [9.17, 15) is 35.9 Å². The van der Waals surface area contributed by atoms with E-state index < -0.39 is 54.2 Å². The zero-order valence-electron chi connectivity index (χ0n) is 23.2. The van der Waals surface area contributed by atoms with Crippen molar-refractivity contribution in [1.82, 2.24) is 4.90 Å². The van der Waals surface area contributed by atoms with Gasteiger partial charge in [-0.15, -0.1) is 0 Å². The Kier molecular flexibility index (Phi) is 9.00. The lowest BCUT2D eigenvalue weighted by Gasteiger charge is -2.33. The third-order valence-electron chi connectivity index (χ3n) is 6.67. The number of halogens is 6. The van der Waals surface area contributed by atoms with Crippen molar-refractivity contribution in [3.8, 4) is 0 Å². The average molecular weight is 574 g/mol. The molecule has 0 saturated carbocycles. The van der Waals surface area contributed by atoms with Gasteiger partial charge in [0.25, 0.3) is 0 Å². The molecule has 1 aliphatic heterocycles. The average Bonchev–Trinajstić information content (AvgIpc) is 2.99. The lowest BCUT2D eigenvalue weighted by molar-refractivity contribution is -0.143. The minimum absolute atomic E-state index is 0.0624. The Balaban J connectivity index is 2.17. The monoisotopic (exact) mass is 573 g/mol. The van der Waals surface area contributed by atoms with Gasteiger partial charge in [0.05, 0.1) is 29.0 Å². The molecule has 1 heterocycles. The maximum absolute atomic E-state index is 13.5. The number of hydrogen-bond acceptors (Lipinski definition) is 4. The van der Waals surface area contributed by atoms with Crippen LogP contribution in [0.2, 0.25) is 0 Å². The molecule has 1 aliphatic rings. The molecule has 6 nitrogen and oxygen atoms in total. The number of alkyl halides is 6. The molecule has 0 bridgehead atoms. The predicted octanol–water partition coefficient (Wildman–Crippen LogP) is 7.33. The Morgan fingerprint density at radius 3 is 2.05 bits per heavy atom. The first-order chi connectivity index (χ1) is 18.4. The van der Waals surface area contributed by atoms with Gasteiger partial charge < -0.3 is 14.5 Å². The number of hydrogen-bond donors (Lipinski definition) is 0.